The molecule has 0 spiro atoms. The van der Waals surface area contributed by atoms with Crippen molar-refractivity contribution in [1.82, 2.24) is 0 Å². The number of hydrogen-bond acceptors (Lipinski definition) is 1. The van der Waals surface area contributed by atoms with Crippen LogP contribution in [0.15, 0.2) is 0 Å². The minimum Gasteiger partial charge on any atom is -0.407 e. The molecule has 0 bridgehead atoms. The van der Waals surface area contributed by atoms with Gasteiger partial charge in [-0.1, -0.05) is 113 Å². The molecule has 0 aromatic heterocycles. The van der Waals surface area contributed by atoms with Gasteiger partial charge in [-0.2, -0.15) is 0 Å². The van der Waals surface area contributed by atoms with E-state index in [4.69, 9.17) is 4.43 Å². The maximum Gasteiger partial charge on any atom is 0.258 e. The Labute approximate surface area is 148 Å². The summed E-state index contributed by atoms with van der Waals surface area (Å²) in [4.78, 5) is 0. The molecule has 0 saturated carbocycles. The van der Waals surface area contributed by atoms with Gasteiger partial charge in [0.2, 0.25) is 0 Å². The molecule has 0 rings (SSSR count). The molecule has 0 saturated heterocycles. The first-order valence-electron chi connectivity index (χ1n) is 9.51. The van der Waals surface area contributed by atoms with Gasteiger partial charge in [0.05, 0.1) is 0 Å². The lowest BCUT2D eigenvalue weighted by Gasteiger charge is -2.25. The minimum absolute atomic E-state index is 0.917. The van der Waals surface area contributed by atoms with Crippen LogP contribution in [0.5, 0.6) is 0 Å². The summed E-state index contributed by atoms with van der Waals surface area (Å²) in [6, 6.07) is 2.75. The Morgan fingerprint density at radius 1 is 0.619 bits per heavy atom. The zero-order valence-corrected chi connectivity index (χ0v) is 18.1. The fourth-order valence-electron chi connectivity index (χ4n) is 2.87. The molecule has 21 heavy (non-hydrogen) atoms. The highest BCUT2D eigenvalue weighted by molar-refractivity contribution is 14.1. The van der Waals surface area contributed by atoms with Gasteiger partial charge in [0, 0.05) is 6.61 Å². The normalized spacial score (nSPS) is 12.0. The Morgan fingerprint density at radius 2 is 1.00 bits per heavy atom. The second-order valence-electron chi connectivity index (χ2n) is 6.35. The second kappa shape index (κ2) is 15.8. The molecule has 0 heterocycles. The minimum atomic E-state index is -1.42. The highest BCUT2D eigenvalue weighted by atomic mass is 127. The first kappa shape index (κ1) is 21.9. The van der Waals surface area contributed by atoms with Crippen LogP contribution >= 0.6 is 21.8 Å². The zero-order valence-electron chi connectivity index (χ0n) is 14.9. The Morgan fingerprint density at radius 3 is 1.38 bits per heavy atom. The standard InChI is InChI=1S/C18H39IOSi/c1-4-7-9-11-13-15-17-21(19,20-6-3)18-16-14-12-10-8-5-2/h4-18H2,1-3H3. The van der Waals surface area contributed by atoms with Gasteiger partial charge < -0.3 is 4.43 Å². The lowest BCUT2D eigenvalue weighted by molar-refractivity contribution is 0.335. The van der Waals surface area contributed by atoms with Crippen LogP contribution in [0.3, 0.4) is 0 Å². The van der Waals surface area contributed by atoms with Gasteiger partial charge in [-0.15, -0.1) is 0 Å². The van der Waals surface area contributed by atoms with E-state index in [1.54, 1.807) is 0 Å². The highest BCUT2D eigenvalue weighted by Gasteiger charge is 2.29. The lowest BCUT2D eigenvalue weighted by Crippen LogP contribution is -2.30. The Bertz CT molecular complexity index is 195. The molecule has 3 heteroatoms. The number of rotatable bonds is 16. The number of unbranched alkanes of at least 4 members (excludes halogenated alkanes) is 10. The lowest BCUT2D eigenvalue weighted by atomic mass is 10.1. The van der Waals surface area contributed by atoms with Crippen molar-refractivity contribution in [2.75, 3.05) is 6.61 Å². The third-order valence-electron chi connectivity index (χ3n) is 4.21. The molecule has 0 aromatic rings. The summed E-state index contributed by atoms with van der Waals surface area (Å²) in [7, 11) is 0. The largest absolute Gasteiger partial charge is 0.407 e. The van der Waals surface area contributed by atoms with E-state index in [0.29, 0.717) is 0 Å². The van der Waals surface area contributed by atoms with Crippen LogP contribution in [-0.2, 0) is 4.43 Å². The molecule has 0 aromatic carbocycles. The van der Waals surface area contributed by atoms with E-state index in [0.717, 1.165) is 6.61 Å². The quantitative estimate of drug-likeness (QED) is 0.107. The molecule has 1 nitrogen and oxygen atoms in total. The van der Waals surface area contributed by atoms with E-state index in [9.17, 15) is 0 Å². The molecular weight excluding hydrogens is 387 g/mol. The van der Waals surface area contributed by atoms with Crippen LogP contribution in [-0.4, -0.2) is 12.4 Å². The van der Waals surface area contributed by atoms with Crippen LogP contribution in [0.2, 0.25) is 12.1 Å². The van der Waals surface area contributed by atoms with Crippen LogP contribution in [0, 0.1) is 0 Å². The predicted molar refractivity (Wildman–Crippen MR) is 108 cm³/mol. The monoisotopic (exact) mass is 426 g/mol. The third kappa shape index (κ3) is 14.2. The molecular formula is C18H39IOSi. The average molecular weight is 426 g/mol. The fourth-order valence-corrected chi connectivity index (χ4v) is 8.70. The van der Waals surface area contributed by atoms with Crippen molar-refractivity contribution >= 4 is 27.6 Å². The van der Waals surface area contributed by atoms with Crippen LogP contribution in [0.1, 0.15) is 97.8 Å². The molecule has 0 N–H and O–H groups in total. The molecule has 0 aliphatic carbocycles. The number of hydrogen-bond donors (Lipinski definition) is 0. The summed E-state index contributed by atoms with van der Waals surface area (Å²) in [5.74, 6) is -1.42. The molecule has 0 amide bonds. The highest BCUT2D eigenvalue weighted by Crippen LogP contribution is 2.30. The number of halogens is 1. The summed E-state index contributed by atoms with van der Waals surface area (Å²) < 4.78 is 6.21. The van der Waals surface area contributed by atoms with E-state index in [1.807, 2.05) is 0 Å². The van der Waals surface area contributed by atoms with Crippen LogP contribution in [0.25, 0.3) is 0 Å². The van der Waals surface area contributed by atoms with E-state index in [2.05, 4.69) is 42.6 Å². The molecule has 0 aliphatic heterocycles. The maximum atomic E-state index is 6.21. The molecule has 128 valence electrons. The van der Waals surface area contributed by atoms with Crippen molar-refractivity contribution < 1.29 is 4.43 Å². The summed E-state index contributed by atoms with van der Waals surface area (Å²) in [5, 5.41) is 0. The van der Waals surface area contributed by atoms with Gasteiger partial charge in [0.1, 0.15) is 0 Å². The van der Waals surface area contributed by atoms with Crippen molar-refractivity contribution in [1.29, 1.82) is 0 Å². The smallest absolute Gasteiger partial charge is 0.258 e. The molecule has 0 atom stereocenters. The zero-order chi connectivity index (χ0) is 15.8. The second-order valence-corrected chi connectivity index (χ2v) is 15.3. The van der Waals surface area contributed by atoms with Gasteiger partial charge in [-0.3, -0.25) is 0 Å². The Kier molecular flexibility index (Phi) is 16.5. The van der Waals surface area contributed by atoms with E-state index >= 15 is 0 Å². The third-order valence-corrected chi connectivity index (χ3v) is 11.4. The van der Waals surface area contributed by atoms with Gasteiger partial charge in [-0.25, -0.2) is 0 Å². The summed E-state index contributed by atoms with van der Waals surface area (Å²) in [5.41, 5.74) is 0. The topological polar surface area (TPSA) is 9.23 Å². The molecule has 0 aliphatic rings. The summed E-state index contributed by atoms with van der Waals surface area (Å²) in [6.45, 7) is 7.67. The van der Waals surface area contributed by atoms with Crippen LogP contribution in [0.4, 0.5) is 0 Å². The van der Waals surface area contributed by atoms with Crippen molar-refractivity contribution in [3.8, 4) is 0 Å². The van der Waals surface area contributed by atoms with Gasteiger partial charge >= 0.3 is 0 Å². The Hall–Kier alpha value is 0.907. The molecule has 0 unspecified atom stereocenters. The SMILES string of the molecule is CCCCCCCC[Si](I)(CCCCCCCC)OCC. The molecule has 0 fully saturated rings. The first-order chi connectivity index (χ1) is 10.2. The average Bonchev–Trinajstić information content (AvgIpc) is 2.47. The first-order valence-corrected chi connectivity index (χ1v) is 14.9. The van der Waals surface area contributed by atoms with Crippen molar-refractivity contribution in [3.05, 3.63) is 0 Å². The summed E-state index contributed by atoms with van der Waals surface area (Å²) >= 11 is 2.73. The van der Waals surface area contributed by atoms with E-state index < -0.39 is 5.81 Å². The predicted octanol–water partition coefficient (Wildman–Crippen LogP) is 7.62. The fraction of sp³-hybridized carbons (Fsp3) is 1.00. The molecule has 0 radical (unpaired) electrons. The van der Waals surface area contributed by atoms with Crippen molar-refractivity contribution in [2.45, 2.75) is 110 Å². The van der Waals surface area contributed by atoms with Crippen LogP contribution < -0.4 is 0 Å². The van der Waals surface area contributed by atoms with E-state index in [-0.39, 0.29) is 0 Å². The van der Waals surface area contributed by atoms with Gasteiger partial charge in [0.15, 0.2) is 0 Å². The van der Waals surface area contributed by atoms with Crippen molar-refractivity contribution in [3.63, 3.8) is 0 Å². The maximum absolute atomic E-state index is 6.21. The Balaban J connectivity index is 3.73. The van der Waals surface area contributed by atoms with Gasteiger partial charge in [-0.05, 0) is 19.0 Å². The van der Waals surface area contributed by atoms with E-state index in [1.165, 1.54) is 89.1 Å². The van der Waals surface area contributed by atoms with Gasteiger partial charge in [0.25, 0.3) is 5.81 Å². The summed E-state index contributed by atoms with van der Waals surface area (Å²) in [6.07, 6.45) is 16.9. The van der Waals surface area contributed by atoms with Crippen molar-refractivity contribution in [2.24, 2.45) is 0 Å².